The van der Waals surface area contributed by atoms with E-state index in [4.69, 9.17) is 21.1 Å². The maximum absolute atomic E-state index is 11.7. The van der Waals surface area contributed by atoms with E-state index in [9.17, 15) is 4.79 Å². The summed E-state index contributed by atoms with van der Waals surface area (Å²) in [5.74, 6) is 0.407. The standard InChI is InChI=1S/C11H20ClNO3/c1-9-7-13(4-3-10(9)12)11(14)8-16-6-5-15-2/h9-10H,3-8H2,1-2H3. The summed E-state index contributed by atoms with van der Waals surface area (Å²) in [5.41, 5.74) is 0. The average molecular weight is 250 g/mol. The van der Waals surface area contributed by atoms with Crippen LogP contribution in [0.2, 0.25) is 0 Å². The van der Waals surface area contributed by atoms with Gasteiger partial charge in [0.1, 0.15) is 6.61 Å². The molecule has 0 spiro atoms. The Kier molecular flexibility index (Phi) is 6.09. The largest absolute Gasteiger partial charge is 0.382 e. The monoisotopic (exact) mass is 249 g/mol. The number of alkyl halides is 1. The highest BCUT2D eigenvalue weighted by Crippen LogP contribution is 2.21. The summed E-state index contributed by atoms with van der Waals surface area (Å²) in [6.07, 6.45) is 0.868. The zero-order valence-electron chi connectivity index (χ0n) is 9.95. The minimum Gasteiger partial charge on any atom is -0.382 e. The van der Waals surface area contributed by atoms with Crippen LogP contribution in [0.1, 0.15) is 13.3 Å². The minimum atomic E-state index is 0.0477. The topological polar surface area (TPSA) is 38.8 Å². The summed E-state index contributed by atoms with van der Waals surface area (Å²) in [7, 11) is 1.61. The zero-order chi connectivity index (χ0) is 12.0. The molecule has 0 aromatic rings. The first-order chi connectivity index (χ1) is 7.65. The molecule has 1 amide bonds. The molecule has 1 rings (SSSR count). The molecule has 16 heavy (non-hydrogen) atoms. The number of hydrogen-bond acceptors (Lipinski definition) is 3. The lowest BCUT2D eigenvalue weighted by molar-refractivity contribution is -0.138. The number of hydrogen-bond donors (Lipinski definition) is 0. The van der Waals surface area contributed by atoms with Gasteiger partial charge in [0.15, 0.2) is 0 Å². The maximum atomic E-state index is 11.7. The van der Waals surface area contributed by atoms with Gasteiger partial charge in [0, 0.05) is 25.6 Å². The number of ether oxygens (including phenoxy) is 2. The number of piperidine rings is 1. The molecule has 0 aromatic heterocycles. The third-order valence-corrected chi connectivity index (χ3v) is 3.46. The predicted octanol–water partition coefficient (Wildman–Crippen LogP) is 1.13. The number of carbonyl (C=O) groups excluding carboxylic acids is 1. The van der Waals surface area contributed by atoms with E-state index in [1.54, 1.807) is 7.11 Å². The molecule has 1 aliphatic heterocycles. The van der Waals surface area contributed by atoms with Gasteiger partial charge < -0.3 is 14.4 Å². The van der Waals surface area contributed by atoms with Gasteiger partial charge in [-0.15, -0.1) is 11.6 Å². The molecule has 0 aliphatic carbocycles. The van der Waals surface area contributed by atoms with Crippen molar-refractivity contribution in [3.05, 3.63) is 0 Å². The molecular weight excluding hydrogens is 230 g/mol. The maximum Gasteiger partial charge on any atom is 0.248 e. The first-order valence-electron chi connectivity index (χ1n) is 5.63. The van der Waals surface area contributed by atoms with Crippen LogP contribution in [0.15, 0.2) is 0 Å². The van der Waals surface area contributed by atoms with Crippen LogP contribution in [-0.2, 0) is 14.3 Å². The fourth-order valence-electron chi connectivity index (χ4n) is 1.74. The molecule has 0 radical (unpaired) electrons. The first-order valence-corrected chi connectivity index (χ1v) is 6.07. The Morgan fingerprint density at radius 1 is 1.50 bits per heavy atom. The predicted molar refractivity (Wildman–Crippen MR) is 62.7 cm³/mol. The molecule has 0 bridgehead atoms. The smallest absolute Gasteiger partial charge is 0.248 e. The highest BCUT2D eigenvalue weighted by molar-refractivity contribution is 6.20. The van der Waals surface area contributed by atoms with E-state index in [1.165, 1.54) is 0 Å². The van der Waals surface area contributed by atoms with Crippen LogP contribution in [0.5, 0.6) is 0 Å². The second-order valence-corrected chi connectivity index (χ2v) is 4.73. The Morgan fingerprint density at radius 2 is 2.25 bits per heavy atom. The number of likely N-dealkylation sites (tertiary alicyclic amines) is 1. The molecule has 5 heteroatoms. The molecule has 2 unspecified atom stereocenters. The minimum absolute atomic E-state index is 0.0477. The molecule has 2 atom stereocenters. The average Bonchev–Trinajstić information content (AvgIpc) is 2.28. The van der Waals surface area contributed by atoms with Gasteiger partial charge >= 0.3 is 0 Å². The van der Waals surface area contributed by atoms with E-state index in [2.05, 4.69) is 6.92 Å². The van der Waals surface area contributed by atoms with Gasteiger partial charge in [-0.3, -0.25) is 4.79 Å². The highest BCUT2D eigenvalue weighted by Gasteiger charge is 2.26. The molecule has 1 aliphatic rings. The van der Waals surface area contributed by atoms with Crippen LogP contribution in [-0.4, -0.2) is 56.2 Å². The van der Waals surface area contributed by atoms with Gasteiger partial charge in [-0.2, -0.15) is 0 Å². The molecule has 94 valence electrons. The quantitative estimate of drug-likeness (QED) is 0.542. The lowest BCUT2D eigenvalue weighted by Crippen LogP contribution is -2.44. The van der Waals surface area contributed by atoms with Crippen molar-refractivity contribution in [3.63, 3.8) is 0 Å². The zero-order valence-corrected chi connectivity index (χ0v) is 10.7. The van der Waals surface area contributed by atoms with Crippen LogP contribution in [0.3, 0.4) is 0 Å². The van der Waals surface area contributed by atoms with Crippen molar-refractivity contribution in [1.29, 1.82) is 0 Å². The molecule has 4 nitrogen and oxygen atoms in total. The summed E-state index contributed by atoms with van der Waals surface area (Å²) in [6, 6.07) is 0. The van der Waals surface area contributed by atoms with Crippen molar-refractivity contribution in [2.75, 3.05) is 40.0 Å². The van der Waals surface area contributed by atoms with E-state index >= 15 is 0 Å². The van der Waals surface area contributed by atoms with E-state index in [0.717, 1.165) is 19.5 Å². The Labute approximate surface area is 102 Å². The lowest BCUT2D eigenvalue weighted by atomic mass is 10.00. The fraction of sp³-hybridized carbons (Fsp3) is 0.909. The van der Waals surface area contributed by atoms with E-state index in [-0.39, 0.29) is 17.9 Å². The normalized spacial score (nSPS) is 25.8. The van der Waals surface area contributed by atoms with Crippen molar-refractivity contribution in [2.45, 2.75) is 18.7 Å². The van der Waals surface area contributed by atoms with Crippen LogP contribution in [0, 0.1) is 5.92 Å². The fourth-order valence-corrected chi connectivity index (χ4v) is 1.91. The molecule has 1 fully saturated rings. The van der Waals surface area contributed by atoms with Gasteiger partial charge in [0.05, 0.1) is 13.2 Å². The van der Waals surface area contributed by atoms with Gasteiger partial charge in [0.25, 0.3) is 0 Å². The van der Waals surface area contributed by atoms with Gasteiger partial charge in [-0.1, -0.05) is 6.92 Å². The number of amides is 1. The van der Waals surface area contributed by atoms with Crippen molar-refractivity contribution >= 4 is 17.5 Å². The summed E-state index contributed by atoms with van der Waals surface area (Å²) in [6.45, 7) is 4.68. The molecule has 0 saturated carbocycles. The van der Waals surface area contributed by atoms with Gasteiger partial charge in [-0.25, -0.2) is 0 Å². The summed E-state index contributed by atoms with van der Waals surface area (Å²) < 4.78 is 10.0. The highest BCUT2D eigenvalue weighted by atomic mass is 35.5. The molecule has 1 heterocycles. The molecular formula is C11H20ClNO3. The van der Waals surface area contributed by atoms with Crippen molar-refractivity contribution in [1.82, 2.24) is 4.90 Å². The van der Waals surface area contributed by atoms with Crippen molar-refractivity contribution in [3.8, 4) is 0 Å². The Balaban J connectivity index is 2.21. The van der Waals surface area contributed by atoms with E-state index in [0.29, 0.717) is 19.1 Å². The van der Waals surface area contributed by atoms with Gasteiger partial charge in [0.2, 0.25) is 5.91 Å². The van der Waals surface area contributed by atoms with Crippen molar-refractivity contribution < 1.29 is 14.3 Å². The van der Waals surface area contributed by atoms with Crippen molar-refractivity contribution in [2.24, 2.45) is 5.92 Å². The third kappa shape index (κ3) is 4.28. The van der Waals surface area contributed by atoms with E-state index < -0.39 is 0 Å². The summed E-state index contributed by atoms with van der Waals surface area (Å²) in [4.78, 5) is 13.6. The van der Waals surface area contributed by atoms with Crippen LogP contribution >= 0.6 is 11.6 Å². The number of methoxy groups -OCH3 is 1. The Morgan fingerprint density at radius 3 is 2.88 bits per heavy atom. The third-order valence-electron chi connectivity index (χ3n) is 2.81. The number of rotatable bonds is 5. The molecule has 0 N–H and O–H groups in total. The summed E-state index contributed by atoms with van der Waals surface area (Å²) >= 11 is 6.10. The SMILES string of the molecule is COCCOCC(=O)N1CCC(Cl)C(C)C1. The second-order valence-electron chi connectivity index (χ2n) is 4.17. The molecule has 0 aromatic carbocycles. The second kappa shape index (κ2) is 7.09. The number of nitrogens with zero attached hydrogens (tertiary/aromatic N) is 1. The molecule has 1 saturated heterocycles. The van der Waals surface area contributed by atoms with Crippen LogP contribution in [0.4, 0.5) is 0 Å². The number of carbonyl (C=O) groups is 1. The Hall–Kier alpha value is -0.320. The van der Waals surface area contributed by atoms with E-state index in [1.807, 2.05) is 4.90 Å². The lowest BCUT2D eigenvalue weighted by Gasteiger charge is -2.34. The summed E-state index contributed by atoms with van der Waals surface area (Å²) in [5, 5.41) is 0.193. The first kappa shape index (κ1) is 13.7. The van der Waals surface area contributed by atoms with Crippen LogP contribution in [0.25, 0.3) is 0 Å². The number of halogens is 1. The van der Waals surface area contributed by atoms with Gasteiger partial charge in [-0.05, 0) is 12.3 Å². The van der Waals surface area contributed by atoms with Crippen LogP contribution < -0.4 is 0 Å². The Bertz CT molecular complexity index is 225.